The predicted octanol–water partition coefficient (Wildman–Crippen LogP) is 26.8. The zero-order valence-electron chi connectivity index (χ0n) is 71.3. The lowest BCUT2D eigenvalue weighted by Gasteiger charge is -2.05. The summed E-state index contributed by atoms with van der Waals surface area (Å²) in [4.78, 5) is 36.1. The number of benzene rings is 10. The lowest BCUT2D eigenvalue weighted by Crippen LogP contribution is -2.14. The number of nitrogens with two attached hydrogens (primary N) is 9. The van der Waals surface area contributed by atoms with Crippen LogP contribution < -0.4 is 51.8 Å². The molecule has 0 amide bonds. The maximum Gasteiger partial charge on any atom is 0.332 e. The van der Waals surface area contributed by atoms with Crippen molar-refractivity contribution in [1.29, 1.82) is 21.6 Å². The topological polar surface area (TPSA) is 577 Å². The van der Waals surface area contributed by atoms with Crippen molar-refractivity contribution in [3.8, 4) is 0 Å². The highest BCUT2D eigenvalue weighted by atomic mass is 79.9. The number of amidine groups is 3. The van der Waals surface area contributed by atoms with E-state index < -0.39 is 5.97 Å². The van der Waals surface area contributed by atoms with Crippen molar-refractivity contribution in [2.75, 3.05) is 57.9 Å². The van der Waals surface area contributed by atoms with Crippen LogP contribution in [0.5, 0.6) is 0 Å². The van der Waals surface area contributed by atoms with Crippen LogP contribution >= 0.6 is 149 Å². The van der Waals surface area contributed by atoms with Gasteiger partial charge in [-0.25, -0.2) is 35.6 Å². The van der Waals surface area contributed by atoms with E-state index in [1.54, 1.807) is 115 Å². The van der Waals surface area contributed by atoms with Crippen LogP contribution in [0.15, 0.2) is 322 Å². The van der Waals surface area contributed by atoms with Crippen LogP contribution in [-0.4, -0.2) is 94.3 Å². The Kier molecular flexibility index (Phi) is 42.8. The van der Waals surface area contributed by atoms with Crippen LogP contribution in [0, 0.1) is 21.6 Å². The van der Waals surface area contributed by atoms with Gasteiger partial charge < -0.3 is 66.7 Å². The molecule has 0 spiro atoms. The van der Waals surface area contributed by atoms with E-state index >= 15 is 0 Å². The standard InChI is InChI=1S/C20H20BrN5S2.C19H18BrN5S.C18H15BrN6O2.2C16H13BrN6.C2H4S.H3NO.H2S2/c1-27-28-10-2-3-18(22)13-5-8-16(9-6-13)25-26-19-17-11-15(21)7-4-14(17)12-24-20(19)23;20-14-6-3-13-11-23-19(22)18(16(13)10-14)25-24-15-7-4-12(5-8-15)17(21)2-1-9-26;1-10(26)27-25-17(20)11-3-6-14(7-4-11)23-24-16-15-8-13(19)5-2-12(15)9-22-18(16)21;2*17-11-4-1-10-8-21-16(20)14(13(10)7-11)23-22-12-5-2-9(3-6-12)15(18)19;1-2-3-1;2*1-2/h4-9,11-12,22H,2-3,10H2,1H3,(H2,23,24);3-8,10-11,21,26H,1-2,9H2,(H2,22,23);2-9H,1H3,(H2,20,25)(H2,21,22);2*1-8H,(H3,18,19)(H2,20,21);1-2H2;2H,1H2;1-2H. The average molecular weight is 2230 g/mol. The summed E-state index contributed by atoms with van der Waals surface area (Å²) in [5, 5.41) is 92.8. The molecule has 0 unspecified atom stereocenters. The normalized spacial score (nSPS) is 11.4. The Morgan fingerprint density at radius 3 is 0.858 bits per heavy atom. The lowest BCUT2D eigenvalue weighted by atomic mass is 10.1. The fourth-order valence-electron chi connectivity index (χ4n) is 11.7. The number of nitrogens with zero attached hydrogens (tertiary/aromatic N) is 16. The molecule has 134 heavy (non-hydrogen) atoms. The van der Waals surface area contributed by atoms with Gasteiger partial charge in [0, 0.05) is 160 Å². The molecule has 1 aliphatic heterocycles. The summed E-state index contributed by atoms with van der Waals surface area (Å²) >= 11 is 29.9. The minimum atomic E-state index is -0.545. The minimum Gasteiger partial charge on any atom is -0.384 e. The van der Waals surface area contributed by atoms with Crippen molar-refractivity contribution in [2.24, 2.45) is 79.4 Å². The number of nitrogen functional groups attached to an aromatic ring is 7. The zero-order chi connectivity index (χ0) is 96.8. The van der Waals surface area contributed by atoms with Gasteiger partial charge >= 0.3 is 5.97 Å². The summed E-state index contributed by atoms with van der Waals surface area (Å²) in [6.07, 6.45) is 14.0. The summed E-state index contributed by atoms with van der Waals surface area (Å²) in [7, 11) is 3.59. The molecule has 0 atom stereocenters. The van der Waals surface area contributed by atoms with Crippen molar-refractivity contribution in [3.05, 3.63) is 293 Å². The first-order valence-electron chi connectivity index (χ1n) is 39.6. The Morgan fingerprint density at radius 1 is 0.396 bits per heavy atom. The van der Waals surface area contributed by atoms with Gasteiger partial charge in [-0.1, -0.05) is 161 Å². The molecule has 23 N–H and O–H groups in total. The first-order valence-corrected chi connectivity index (χ1v) is 49.7. The second kappa shape index (κ2) is 54.3. The number of hydrogen-bond donors (Lipinski definition) is 17. The second-order valence-electron chi connectivity index (χ2n) is 27.7. The van der Waals surface area contributed by atoms with E-state index in [1.165, 1.54) is 18.4 Å². The summed E-state index contributed by atoms with van der Waals surface area (Å²) in [6.45, 7) is 1.24. The number of hydrogen-bond acceptors (Lipinski definition) is 35. The lowest BCUT2D eigenvalue weighted by molar-refractivity contribution is -0.140. The number of anilines is 5. The predicted molar refractivity (Wildman–Crippen MR) is 580 cm³/mol. The van der Waals surface area contributed by atoms with Gasteiger partial charge in [-0.3, -0.25) is 10.8 Å². The van der Waals surface area contributed by atoms with E-state index in [9.17, 15) is 4.79 Å². The van der Waals surface area contributed by atoms with Gasteiger partial charge in [0.15, 0.2) is 34.9 Å². The van der Waals surface area contributed by atoms with Gasteiger partial charge in [0.1, 0.15) is 40.1 Å². The van der Waals surface area contributed by atoms with Crippen LogP contribution in [0.3, 0.4) is 0 Å². The Hall–Kier alpha value is -12.1. The number of aromatic nitrogens is 5. The molecular weight excluding hydrogens is 2140 g/mol. The van der Waals surface area contributed by atoms with Gasteiger partial charge in [-0.15, -0.1) is 48.9 Å². The first kappa shape index (κ1) is 106. The molecule has 6 heterocycles. The monoisotopic (exact) mass is 2220 g/mol. The molecule has 16 rings (SSSR count). The number of pyridine rings is 5. The summed E-state index contributed by atoms with van der Waals surface area (Å²) in [5.41, 5.74) is 57.3. The van der Waals surface area contributed by atoms with Crippen molar-refractivity contribution in [2.45, 2.75) is 32.6 Å². The fraction of sp³-hybridized carbons (Fsp3) is 0.110. The van der Waals surface area contributed by atoms with Gasteiger partial charge in [-0.2, -0.15) is 50.0 Å². The number of oxime groups is 1. The molecule has 0 saturated carbocycles. The molecule has 1 fully saturated rings. The van der Waals surface area contributed by atoms with Crippen LogP contribution in [0.1, 0.15) is 60.4 Å². The molecule has 5 aromatic heterocycles. The van der Waals surface area contributed by atoms with Crippen LogP contribution in [-0.2, 0) is 9.63 Å². The highest BCUT2D eigenvalue weighted by Gasteiger charge is 2.15. The molecule has 15 aromatic rings. The Morgan fingerprint density at radius 2 is 0.634 bits per heavy atom. The number of rotatable bonds is 24. The van der Waals surface area contributed by atoms with Crippen molar-refractivity contribution < 1.29 is 14.8 Å². The number of thioether (sulfide) groups is 1. The van der Waals surface area contributed by atoms with Gasteiger partial charge in [0.2, 0.25) is 0 Å². The molecule has 43 heteroatoms. The number of carbonyl (C=O) groups excluding carboxylic acids is 1. The Labute approximate surface area is 840 Å². The minimum absolute atomic E-state index is 0.0147. The SMILES string of the molecule is C1CS1.CC(=O)O/N=C(/N)c1ccc(N=Nc2c(N)ncc3ccc(Br)cc23)cc1.CSSCCCC(=N)c1ccc(N=Nc2c(N)ncc3ccc(Br)cc23)cc1.N=C(CCCS)c1ccc(N=Nc2c(N)ncc3ccc(Br)cc23)cc1.N=C(N)c1ccc(N=Nc2c(N)ncc3ccc(Br)cc23)cc1.N=C(N)c1ccc(N=Nc2c(N)ncc3ccc(Br)cc23)cc1.NO.SS. The number of nitrogens with one attached hydrogen (secondary N) is 4. The van der Waals surface area contributed by atoms with Crippen LogP contribution in [0.4, 0.5) is 86.0 Å². The molecule has 0 aliphatic carbocycles. The van der Waals surface area contributed by atoms with Gasteiger partial charge in [-0.05, 0) is 207 Å². The Bertz CT molecular complexity index is 6660. The summed E-state index contributed by atoms with van der Waals surface area (Å²) < 4.78 is 4.65. The molecule has 10 aromatic carbocycles. The molecule has 0 radical (unpaired) electrons. The summed E-state index contributed by atoms with van der Waals surface area (Å²) in [6, 6.07) is 64.8. The number of azo groups is 5. The third kappa shape index (κ3) is 32.3. The molecule has 1 aliphatic rings. The molecule has 1 saturated heterocycles. The largest absolute Gasteiger partial charge is 0.384 e. The Balaban J connectivity index is 0.000000185. The van der Waals surface area contributed by atoms with Crippen molar-refractivity contribution in [3.63, 3.8) is 0 Å². The quantitative estimate of drug-likeness (QED) is 0.00307. The maximum absolute atomic E-state index is 10.8. The average Bonchev–Trinajstić information content (AvgIpc) is 0.967. The second-order valence-corrected chi connectivity index (χ2v) is 36.7. The third-order valence-corrected chi connectivity index (χ3v) is 23.5. The van der Waals surface area contributed by atoms with E-state index in [0.717, 1.165) is 125 Å². The highest BCUT2D eigenvalue weighted by molar-refractivity contribution is 9.11. The smallest absolute Gasteiger partial charge is 0.332 e. The maximum atomic E-state index is 10.8. The van der Waals surface area contributed by atoms with Gasteiger partial charge in [0.25, 0.3) is 0 Å². The van der Waals surface area contributed by atoms with Crippen molar-refractivity contribution >= 4 is 324 Å². The van der Waals surface area contributed by atoms with Crippen LogP contribution in [0.25, 0.3) is 53.9 Å². The number of thiol groups is 3. The number of carbonyl (C=O) groups is 1. The van der Waals surface area contributed by atoms with Gasteiger partial charge in [0.05, 0.1) is 28.4 Å². The summed E-state index contributed by atoms with van der Waals surface area (Å²) in [5.74, 6) is 9.36. The molecule has 686 valence electrons. The zero-order valence-corrected chi connectivity index (χ0v) is 84.4. The number of halogens is 5. The van der Waals surface area contributed by atoms with E-state index in [4.69, 9.17) is 72.7 Å². The first-order chi connectivity index (χ1) is 64.7. The molecule has 32 nitrogen and oxygen atoms in total. The third-order valence-electron chi connectivity index (χ3n) is 18.4. The highest BCUT2D eigenvalue weighted by Crippen LogP contribution is 2.40. The molecular formula is C91H88Br5N29O3S6. The molecule has 0 bridgehead atoms. The van der Waals surface area contributed by atoms with E-state index in [2.05, 4.69) is 214 Å². The van der Waals surface area contributed by atoms with E-state index in [-0.39, 0.29) is 17.5 Å². The van der Waals surface area contributed by atoms with E-state index in [0.29, 0.717) is 114 Å². The van der Waals surface area contributed by atoms with Crippen molar-refractivity contribution in [1.82, 2.24) is 24.9 Å². The van der Waals surface area contributed by atoms with E-state index in [1.807, 2.05) is 162 Å². The van der Waals surface area contributed by atoms with Crippen LogP contribution in [0.2, 0.25) is 0 Å². The fourth-order valence-corrected chi connectivity index (χ4v) is 14.9. The number of fused-ring (bicyclic) bond motifs is 5.